The number of amides is 2. The zero-order valence-electron chi connectivity index (χ0n) is 11.9. The fourth-order valence-corrected chi connectivity index (χ4v) is 3.67. The van der Waals surface area contributed by atoms with Crippen LogP contribution in [0.1, 0.15) is 46.2 Å². The first-order valence-electron chi connectivity index (χ1n) is 6.72. The second-order valence-corrected chi connectivity index (χ2v) is 6.59. The van der Waals surface area contributed by atoms with Crippen LogP contribution < -0.4 is 22.1 Å². The van der Waals surface area contributed by atoms with Crippen molar-refractivity contribution in [2.45, 2.75) is 31.8 Å². The molecule has 0 aliphatic carbocycles. The van der Waals surface area contributed by atoms with Gasteiger partial charge >= 0.3 is 0 Å². The monoisotopic (exact) mass is 312 g/mol. The van der Waals surface area contributed by atoms with E-state index in [0.29, 0.717) is 30.9 Å². The van der Waals surface area contributed by atoms with E-state index in [-0.39, 0.29) is 16.1 Å². The fraction of sp³-hybridized carbons (Fsp3) is 0.538. The highest BCUT2D eigenvalue weighted by Crippen LogP contribution is 2.39. The van der Waals surface area contributed by atoms with Crippen LogP contribution in [0.3, 0.4) is 0 Å². The fourth-order valence-electron chi connectivity index (χ4n) is 2.54. The second-order valence-electron chi connectivity index (χ2n) is 5.59. The Morgan fingerprint density at radius 1 is 1.24 bits per heavy atom. The number of aliphatic hydroxyl groups is 1. The van der Waals surface area contributed by atoms with Gasteiger partial charge in [0, 0.05) is 13.1 Å². The molecule has 2 amide bonds. The predicted molar refractivity (Wildman–Crippen MR) is 82.5 cm³/mol. The van der Waals surface area contributed by atoms with E-state index in [4.69, 9.17) is 17.2 Å². The van der Waals surface area contributed by atoms with E-state index in [1.807, 2.05) is 4.90 Å². The van der Waals surface area contributed by atoms with Gasteiger partial charge in [-0.2, -0.15) is 0 Å². The average Bonchev–Trinajstić information content (AvgIpc) is 2.60. The summed E-state index contributed by atoms with van der Waals surface area (Å²) in [6, 6.07) is 0. The number of hydrogen-bond donors (Lipinski definition) is 4. The summed E-state index contributed by atoms with van der Waals surface area (Å²) in [5.41, 5.74) is 16.0. The number of thiophene rings is 1. The molecule has 21 heavy (non-hydrogen) atoms. The highest BCUT2D eigenvalue weighted by molar-refractivity contribution is 7.19. The van der Waals surface area contributed by atoms with Crippen LogP contribution in [0, 0.1) is 0 Å². The van der Waals surface area contributed by atoms with Crippen molar-refractivity contribution >= 4 is 33.8 Å². The standard InChI is InChI=1S/C13H20N4O3S/c1-13(20)3-2-5-17(6-4-13)12-7(10(15)18)8(14)9(21-12)11(16)19/h20H,2-6,14H2,1H3,(H2,15,18)(H2,16,19). The van der Waals surface area contributed by atoms with Crippen LogP contribution in [-0.2, 0) is 0 Å². The van der Waals surface area contributed by atoms with Crippen LogP contribution in [0.25, 0.3) is 0 Å². The maximum Gasteiger partial charge on any atom is 0.260 e. The number of carbonyl (C=O) groups excluding carboxylic acids is 2. The Kier molecular flexibility index (Phi) is 4.11. The normalized spacial score (nSPS) is 22.9. The van der Waals surface area contributed by atoms with Crippen LogP contribution in [0.15, 0.2) is 0 Å². The Morgan fingerprint density at radius 2 is 1.90 bits per heavy atom. The highest BCUT2D eigenvalue weighted by atomic mass is 32.1. The van der Waals surface area contributed by atoms with E-state index in [1.165, 1.54) is 0 Å². The van der Waals surface area contributed by atoms with Crippen molar-refractivity contribution in [1.82, 2.24) is 0 Å². The Balaban J connectivity index is 2.41. The number of nitrogens with two attached hydrogens (primary N) is 3. The summed E-state index contributed by atoms with van der Waals surface area (Å²) in [5, 5.41) is 10.7. The van der Waals surface area contributed by atoms with Gasteiger partial charge in [-0.05, 0) is 26.2 Å². The zero-order valence-corrected chi connectivity index (χ0v) is 12.7. The van der Waals surface area contributed by atoms with E-state index < -0.39 is 17.4 Å². The smallest absolute Gasteiger partial charge is 0.260 e. The van der Waals surface area contributed by atoms with E-state index in [9.17, 15) is 14.7 Å². The summed E-state index contributed by atoms with van der Waals surface area (Å²) >= 11 is 1.08. The van der Waals surface area contributed by atoms with Crippen molar-refractivity contribution in [3.63, 3.8) is 0 Å². The lowest BCUT2D eigenvalue weighted by Crippen LogP contribution is -2.29. The van der Waals surface area contributed by atoms with Crippen LogP contribution >= 0.6 is 11.3 Å². The summed E-state index contributed by atoms with van der Waals surface area (Å²) in [4.78, 5) is 25.1. The molecule has 1 unspecified atom stereocenters. The van der Waals surface area contributed by atoms with E-state index in [0.717, 1.165) is 17.8 Å². The van der Waals surface area contributed by atoms with Crippen molar-refractivity contribution in [1.29, 1.82) is 0 Å². The van der Waals surface area contributed by atoms with Crippen molar-refractivity contribution in [3.05, 3.63) is 10.4 Å². The number of primary amides is 2. The molecule has 1 atom stereocenters. The first-order valence-corrected chi connectivity index (χ1v) is 7.54. The first-order chi connectivity index (χ1) is 9.73. The molecule has 7 nitrogen and oxygen atoms in total. The predicted octanol–water partition coefficient (Wildman–Crippen LogP) is 0.269. The number of carbonyl (C=O) groups is 2. The largest absolute Gasteiger partial charge is 0.397 e. The van der Waals surface area contributed by atoms with Gasteiger partial charge in [-0.1, -0.05) is 0 Å². The van der Waals surface area contributed by atoms with Crippen molar-refractivity contribution in [3.8, 4) is 0 Å². The van der Waals surface area contributed by atoms with Crippen LogP contribution in [0.4, 0.5) is 10.7 Å². The third-order valence-corrected chi connectivity index (χ3v) is 5.03. The molecule has 8 heteroatoms. The molecule has 1 aromatic rings. The molecule has 0 spiro atoms. The molecule has 1 aliphatic heterocycles. The lowest BCUT2D eigenvalue weighted by molar-refractivity contribution is 0.0481. The first kappa shape index (κ1) is 15.6. The summed E-state index contributed by atoms with van der Waals surface area (Å²) in [5.74, 6) is -1.35. The Labute approximate surface area is 126 Å². The molecular formula is C13H20N4O3S. The Hall–Kier alpha value is -1.80. The van der Waals surface area contributed by atoms with Gasteiger partial charge in [0.2, 0.25) is 0 Å². The summed E-state index contributed by atoms with van der Waals surface area (Å²) < 4.78 is 0. The number of nitrogen functional groups attached to an aromatic ring is 1. The van der Waals surface area contributed by atoms with Gasteiger partial charge in [0.1, 0.15) is 9.88 Å². The molecule has 116 valence electrons. The van der Waals surface area contributed by atoms with E-state index in [2.05, 4.69) is 0 Å². The number of anilines is 2. The third-order valence-electron chi connectivity index (χ3n) is 3.75. The zero-order chi connectivity index (χ0) is 15.8. The van der Waals surface area contributed by atoms with Gasteiger partial charge in [0.05, 0.1) is 16.9 Å². The maximum atomic E-state index is 11.7. The number of hydrogen-bond acceptors (Lipinski definition) is 6. The molecule has 7 N–H and O–H groups in total. The van der Waals surface area contributed by atoms with Gasteiger partial charge in [-0.15, -0.1) is 11.3 Å². The topological polar surface area (TPSA) is 136 Å². The summed E-state index contributed by atoms with van der Waals surface area (Å²) in [7, 11) is 0. The quantitative estimate of drug-likeness (QED) is 0.635. The Morgan fingerprint density at radius 3 is 2.48 bits per heavy atom. The molecule has 0 radical (unpaired) electrons. The lowest BCUT2D eigenvalue weighted by atomic mass is 9.98. The number of nitrogens with zero attached hydrogens (tertiary/aromatic N) is 1. The molecule has 1 aromatic heterocycles. The minimum atomic E-state index is -0.725. The van der Waals surface area contributed by atoms with Gasteiger partial charge in [0.15, 0.2) is 0 Å². The van der Waals surface area contributed by atoms with Gasteiger partial charge < -0.3 is 27.2 Å². The van der Waals surface area contributed by atoms with Crippen molar-refractivity contribution < 1.29 is 14.7 Å². The van der Waals surface area contributed by atoms with Crippen molar-refractivity contribution in [2.24, 2.45) is 11.5 Å². The molecule has 0 aromatic carbocycles. The molecule has 1 aliphatic rings. The summed E-state index contributed by atoms with van der Waals surface area (Å²) in [6.07, 6.45) is 2.02. The molecule has 0 saturated carbocycles. The number of rotatable bonds is 3. The maximum absolute atomic E-state index is 11.7. The molecule has 1 saturated heterocycles. The molecule has 2 rings (SSSR count). The highest BCUT2D eigenvalue weighted by Gasteiger charge is 2.30. The average molecular weight is 312 g/mol. The minimum absolute atomic E-state index is 0.0472. The lowest BCUT2D eigenvalue weighted by Gasteiger charge is -2.23. The van der Waals surface area contributed by atoms with E-state index >= 15 is 0 Å². The third kappa shape index (κ3) is 3.11. The van der Waals surface area contributed by atoms with Gasteiger partial charge in [-0.25, -0.2) is 0 Å². The molecule has 1 fully saturated rings. The Bertz CT molecular complexity index is 582. The van der Waals surface area contributed by atoms with Crippen molar-refractivity contribution in [2.75, 3.05) is 23.7 Å². The molecule has 0 bridgehead atoms. The SMILES string of the molecule is CC1(O)CCCN(c2sc(C(N)=O)c(N)c2C(N)=O)CC1. The minimum Gasteiger partial charge on any atom is -0.397 e. The molecule has 2 heterocycles. The summed E-state index contributed by atoms with van der Waals surface area (Å²) in [6.45, 7) is 3.02. The van der Waals surface area contributed by atoms with Crippen LogP contribution in [-0.4, -0.2) is 35.6 Å². The van der Waals surface area contributed by atoms with Crippen LogP contribution in [0.2, 0.25) is 0 Å². The van der Waals surface area contributed by atoms with Gasteiger partial charge in [0.25, 0.3) is 11.8 Å². The van der Waals surface area contributed by atoms with Crippen LogP contribution in [0.5, 0.6) is 0 Å². The molecular weight excluding hydrogens is 292 g/mol. The van der Waals surface area contributed by atoms with E-state index in [1.54, 1.807) is 6.92 Å². The van der Waals surface area contributed by atoms with Gasteiger partial charge in [-0.3, -0.25) is 9.59 Å². The second kappa shape index (κ2) is 5.53.